The first-order valence-electron chi connectivity index (χ1n) is 8.54. The molecule has 2 saturated heterocycles. The summed E-state index contributed by atoms with van der Waals surface area (Å²) >= 11 is 0. The van der Waals surface area contributed by atoms with Gasteiger partial charge in [-0.3, -0.25) is 9.59 Å². The maximum absolute atomic E-state index is 12.7. The highest BCUT2D eigenvalue weighted by Crippen LogP contribution is 2.27. The third-order valence-corrected chi connectivity index (χ3v) is 5.23. The van der Waals surface area contributed by atoms with Crippen molar-refractivity contribution in [1.29, 1.82) is 0 Å². The van der Waals surface area contributed by atoms with Gasteiger partial charge in [-0.2, -0.15) is 0 Å². The van der Waals surface area contributed by atoms with Crippen LogP contribution in [0.15, 0.2) is 0 Å². The number of carbonyl (C=O) groups is 2. The Morgan fingerprint density at radius 2 is 1.86 bits per heavy atom. The van der Waals surface area contributed by atoms with E-state index in [0.717, 1.165) is 51.9 Å². The summed E-state index contributed by atoms with van der Waals surface area (Å²) in [5.41, 5.74) is 0. The molecule has 0 aromatic carbocycles. The van der Waals surface area contributed by atoms with Crippen molar-refractivity contribution in [3.05, 3.63) is 0 Å². The molecule has 2 amide bonds. The van der Waals surface area contributed by atoms with E-state index in [2.05, 4.69) is 5.32 Å². The molecule has 5 nitrogen and oxygen atoms in total. The minimum atomic E-state index is 0.193. The molecule has 3 fully saturated rings. The second-order valence-corrected chi connectivity index (χ2v) is 6.68. The molecule has 3 rings (SSSR count). The van der Waals surface area contributed by atoms with Crippen LogP contribution in [0.4, 0.5) is 0 Å². The van der Waals surface area contributed by atoms with Crippen molar-refractivity contribution in [1.82, 2.24) is 15.1 Å². The molecule has 2 aliphatic heterocycles. The Balaban J connectivity index is 1.59. The molecule has 1 N–H and O–H groups in total. The summed E-state index contributed by atoms with van der Waals surface area (Å²) in [4.78, 5) is 28.7. The van der Waals surface area contributed by atoms with Crippen molar-refractivity contribution < 1.29 is 9.59 Å². The van der Waals surface area contributed by atoms with Crippen LogP contribution in [-0.2, 0) is 9.59 Å². The van der Waals surface area contributed by atoms with Gasteiger partial charge in [0.25, 0.3) is 0 Å². The topological polar surface area (TPSA) is 52.7 Å². The molecule has 2 heterocycles. The zero-order chi connectivity index (χ0) is 14.7. The number of piperidine rings is 1. The van der Waals surface area contributed by atoms with Crippen molar-refractivity contribution in [3.8, 4) is 0 Å². The number of piperazine rings is 1. The van der Waals surface area contributed by atoms with Gasteiger partial charge in [0.05, 0.1) is 6.54 Å². The summed E-state index contributed by atoms with van der Waals surface area (Å²) in [6.07, 6.45) is 7.87. The molecule has 0 aromatic heterocycles. The maximum atomic E-state index is 12.7. The lowest BCUT2D eigenvalue weighted by Crippen LogP contribution is -2.58. The predicted octanol–water partition coefficient (Wildman–Crippen LogP) is 0.989. The fourth-order valence-corrected chi connectivity index (χ4v) is 4.02. The van der Waals surface area contributed by atoms with E-state index < -0.39 is 0 Å². The number of nitrogens with one attached hydrogen (secondary N) is 1. The number of carbonyl (C=O) groups excluding carboxylic acids is 2. The second-order valence-electron chi connectivity index (χ2n) is 6.68. The molecular weight excluding hydrogens is 266 g/mol. The molecule has 3 aliphatic rings. The summed E-state index contributed by atoms with van der Waals surface area (Å²) in [6.45, 7) is 3.74. The first kappa shape index (κ1) is 14.8. The van der Waals surface area contributed by atoms with Gasteiger partial charge in [-0.1, -0.05) is 19.3 Å². The minimum absolute atomic E-state index is 0.193. The maximum Gasteiger partial charge on any atom is 0.236 e. The first-order chi connectivity index (χ1) is 10.3. The van der Waals surface area contributed by atoms with Crippen LogP contribution in [0.25, 0.3) is 0 Å². The largest absolute Gasteiger partial charge is 0.340 e. The van der Waals surface area contributed by atoms with E-state index in [-0.39, 0.29) is 17.9 Å². The standard InChI is InChI=1S/C16H27N3O2/c20-15-11-17-8-10-19(15)14-7-4-9-18(12-14)16(21)13-5-2-1-3-6-13/h13-14,17H,1-12H2. The molecule has 118 valence electrons. The van der Waals surface area contributed by atoms with Gasteiger partial charge in [-0.25, -0.2) is 0 Å². The van der Waals surface area contributed by atoms with E-state index >= 15 is 0 Å². The average molecular weight is 293 g/mol. The number of hydrogen-bond donors (Lipinski definition) is 1. The summed E-state index contributed by atoms with van der Waals surface area (Å²) in [7, 11) is 0. The van der Waals surface area contributed by atoms with Crippen LogP contribution in [0.1, 0.15) is 44.9 Å². The van der Waals surface area contributed by atoms with Crippen LogP contribution < -0.4 is 5.32 Å². The Kier molecular flexibility index (Phi) is 4.78. The Labute approximate surface area is 127 Å². The molecule has 1 aliphatic carbocycles. The first-order valence-corrected chi connectivity index (χ1v) is 8.54. The second kappa shape index (κ2) is 6.77. The van der Waals surface area contributed by atoms with Crippen molar-refractivity contribution in [2.45, 2.75) is 51.0 Å². The molecule has 1 atom stereocenters. The SMILES string of the molecule is O=C(C1CCCCC1)N1CCCC(N2CCNCC2=O)C1. The quantitative estimate of drug-likeness (QED) is 0.826. The normalized spacial score (nSPS) is 28.8. The van der Waals surface area contributed by atoms with Crippen molar-refractivity contribution >= 4 is 11.8 Å². The molecule has 0 aromatic rings. The van der Waals surface area contributed by atoms with Crippen LogP contribution in [-0.4, -0.2) is 60.4 Å². The number of rotatable bonds is 2. The highest BCUT2D eigenvalue weighted by atomic mass is 16.2. The van der Waals surface area contributed by atoms with Crippen LogP contribution in [0.3, 0.4) is 0 Å². The number of nitrogens with zero attached hydrogens (tertiary/aromatic N) is 2. The lowest BCUT2D eigenvalue weighted by molar-refractivity contribution is -0.143. The molecule has 0 spiro atoms. The third-order valence-electron chi connectivity index (χ3n) is 5.23. The molecular formula is C16H27N3O2. The Hall–Kier alpha value is -1.10. The fraction of sp³-hybridized carbons (Fsp3) is 0.875. The van der Waals surface area contributed by atoms with E-state index in [0.29, 0.717) is 12.5 Å². The summed E-state index contributed by atoms with van der Waals surface area (Å²) in [6, 6.07) is 0.237. The van der Waals surface area contributed by atoms with Crippen LogP contribution in [0.5, 0.6) is 0 Å². The van der Waals surface area contributed by atoms with E-state index in [9.17, 15) is 9.59 Å². The molecule has 0 radical (unpaired) electrons. The Morgan fingerprint density at radius 1 is 1.05 bits per heavy atom. The van der Waals surface area contributed by atoms with Gasteiger partial charge in [0.15, 0.2) is 0 Å². The Bertz CT molecular complexity index is 393. The summed E-state index contributed by atoms with van der Waals surface area (Å²) in [5, 5.41) is 3.12. The highest BCUT2D eigenvalue weighted by Gasteiger charge is 2.34. The minimum Gasteiger partial charge on any atom is -0.340 e. The molecule has 0 bridgehead atoms. The van der Waals surface area contributed by atoms with Crippen molar-refractivity contribution in [3.63, 3.8) is 0 Å². The monoisotopic (exact) mass is 293 g/mol. The number of hydrogen-bond acceptors (Lipinski definition) is 3. The van der Waals surface area contributed by atoms with Gasteiger partial charge < -0.3 is 15.1 Å². The van der Waals surface area contributed by atoms with Gasteiger partial charge in [0.2, 0.25) is 11.8 Å². The Morgan fingerprint density at radius 3 is 2.62 bits per heavy atom. The molecule has 1 unspecified atom stereocenters. The van der Waals surface area contributed by atoms with E-state index in [1.165, 1.54) is 19.3 Å². The van der Waals surface area contributed by atoms with Crippen LogP contribution in [0, 0.1) is 5.92 Å². The third kappa shape index (κ3) is 3.39. The van der Waals surface area contributed by atoms with Gasteiger partial charge in [-0.15, -0.1) is 0 Å². The lowest BCUT2D eigenvalue weighted by atomic mass is 9.87. The predicted molar refractivity (Wildman–Crippen MR) is 80.8 cm³/mol. The summed E-state index contributed by atoms with van der Waals surface area (Å²) in [5.74, 6) is 0.788. The van der Waals surface area contributed by atoms with Crippen molar-refractivity contribution in [2.24, 2.45) is 5.92 Å². The van der Waals surface area contributed by atoms with Gasteiger partial charge in [-0.05, 0) is 25.7 Å². The number of amides is 2. The lowest BCUT2D eigenvalue weighted by Gasteiger charge is -2.42. The van der Waals surface area contributed by atoms with Crippen molar-refractivity contribution in [2.75, 3.05) is 32.7 Å². The average Bonchev–Trinajstić information content (AvgIpc) is 2.55. The smallest absolute Gasteiger partial charge is 0.236 e. The van der Waals surface area contributed by atoms with Gasteiger partial charge in [0.1, 0.15) is 0 Å². The zero-order valence-electron chi connectivity index (χ0n) is 12.9. The van der Waals surface area contributed by atoms with Crippen LogP contribution >= 0.6 is 0 Å². The van der Waals surface area contributed by atoms with Crippen LogP contribution in [0.2, 0.25) is 0 Å². The van der Waals surface area contributed by atoms with Gasteiger partial charge in [0, 0.05) is 38.1 Å². The van der Waals surface area contributed by atoms with Gasteiger partial charge >= 0.3 is 0 Å². The highest BCUT2D eigenvalue weighted by molar-refractivity contribution is 5.80. The molecule has 1 saturated carbocycles. The number of likely N-dealkylation sites (tertiary alicyclic amines) is 1. The summed E-state index contributed by atoms with van der Waals surface area (Å²) < 4.78 is 0. The zero-order valence-corrected chi connectivity index (χ0v) is 12.9. The van der Waals surface area contributed by atoms with E-state index in [4.69, 9.17) is 0 Å². The molecule has 21 heavy (non-hydrogen) atoms. The fourth-order valence-electron chi connectivity index (χ4n) is 4.02. The van der Waals surface area contributed by atoms with E-state index in [1.807, 2.05) is 9.80 Å². The van der Waals surface area contributed by atoms with E-state index in [1.54, 1.807) is 0 Å². The molecule has 5 heteroatoms.